The average molecular weight is 421 g/mol. The highest BCUT2D eigenvalue weighted by Crippen LogP contribution is 2.61. The van der Waals surface area contributed by atoms with Gasteiger partial charge in [-0.05, 0) is 74.5 Å². The number of rotatable bonds is 3. The first-order valence-corrected chi connectivity index (χ1v) is 11.5. The lowest BCUT2D eigenvalue weighted by molar-refractivity contribution is -0.175. The van der Waals surface area contributed by atoms with Crippen LogP contribution in [0.25, 0.3) is 11.0 Å². The van der Waals surface area contributed by atoms with Gasteiger partial charge in [-0.25, -0.2) is 4.79 Å². The van der Waals surface area contributed by atoms with E-state index in [2.05, 4.69) is 16.0 Å². The van der Waals surface area contributed by atoms with Crippen LogP contribution in [-0.4, -0.2) is 46.7 Å². The van der Waals surface area contributed by atoms with Crippen molar-refractivity contribution in [3.8, 4) is 6.07 Å². The van der Waals surface area contributed by atoms with E-state index >= 15 is 0 Å². The molecule has 0 amide bonds. The Morgan fingerprint density at radius 2 is 2.03 bits per heavy atom. The molecule has 1 aliphatic heterocycles. The minimum Gasteiger partial charge on any atom is -0.469 e. The van der Waals surface area contributed by atoms with E-state index in [0.29, 0.717) is 29.4 Å². The molecule has 3 atom stereocenters. The smallest absolute Gasteiger partial charge is 0.326 e. The molecule has 2 unspecified atom stereocenters. The Kier molecular flexibility index (Phi) is 4.13. The maximum absolute atomic E-state index is 12.8. The van der Waals surface area contributed by atoms with Crippen molar-refractivity contribution in [2.45, 2.75) is 50.6 Å². The predicted molar refractivity (Wildman–Crippen MR) is 114 cm³/mol. The van der Waals surface area contributed by atoms with Gasteiger partial charge in [0.05, 0.1) is 41.2 Å². The quantitative estimate of drug-likeness (QED) is 0.771. The molecule has 1 aromatic carbocycles. The Labute approximate surface area is 181 Å². The molecule has 4 saturated carbocycles. The maximum atomic E-state index is 12.8. The highest BCUT2D eigenvalue weighted by atomic mass is 16.5. The molecule has 5 aliphatic rings. The van der Waals surface area contributed by atoms with E-state index in [0.717, 1.165) is 49.8 Å². The molecule has 7 nitrogen and oxygen atoms in total. The molecule has 4 bridgehead atoms. The van der Waals surface area contributed by atoms with Crippen molar-refractivity contribution in [1.29, 1.82) is 5.26 Å². The van der Waals surface area contributed by atoms with Gasteiger partial charge in [0.1, 0.15) is 0 Å². The minimum atomic E-state index is -0.243. The second-order valence-corrected chi connectivity index (χ2v) is 10.3. The second kappa shape index (κ2) is 6.70. The first-order chi connectivity index (χ1) is 15.0. The standard InChI is InChI=1S/C24H28N4O3/c1-31-22(29)24-9-15-6-16(10-24)21(17(7-15)11-24)27-5-4-18(13-27)28-20-3-2-14(12-25)8-19(20)26-23(28)30/h2-3,8,15-18,21H,4-7,9-11,13H2,1H3,(H,26,30)/t15?,16?,17?,18-,21?,24?/m1/s1. The van der Waals surface area contributed by atoms with Gasteiger partial charge in [0.15, 0.2) is 0 Å². The van der Waals surface area contributed by atoms with E-state index < -0.39 is 0 Å². The van der Waals surface area contributed by atoms with E-state index in [4.69, 9.17) is 10.00 Å². The van der Waals surface area contributed by atoms with Crippen LogP contribution in [0.5, 0.6) is 0 Å². The van der Waals surface area contributed by atoms with Crippen LogP contribution in [0.2, 0.25) is 0 Å². The third-order valence-corrected chi connectivity index (χ3v) is 8.67. The summed E-state index contributed by atoms with van der Waals surface area (Å²) in [5, 5.41) is 9.15. The molecule has 31 heavy (non-hydrogen) atoms. The first-order valence-electron chi connectivity index (χ1n) is 11.5. The Bertz CT molecular complexity index is 1140. The van der Waals surface area contributed by atoms with E-state index in [9.17, 15) is 9.59 Å². The number of methoxy groups -OCH3 is 1. The van der Waals surface area contributed by atoms with Gasteiger partial charge in [-0.15, -0.1) is 0 Å². The lowest BCUT2D eigenvalue weighted by atomic mass is 9.47. The predicted octanol–water partition coefficient (Wildman–Crippen LogP) is 2.82. The molecule has 2 heterocycles. The zero-order valence-electron chi connectivity index (χ0n) is 17.8. The molecular weight excluding hydrogens is 392 g/mol. The third kappa shape index (κ3) is 2.74. The maximum Gasteiger partial charge on any atom is 0.326 e. The van der Waals surface area contributed by atoms with Crippen LogP contribution in [0.1, 0.15) is 50.1 Å². The summed E-state index contributed by atoms with van der Waals surface area (Å²) in [5.74, 6) is 1.78. The number of nitriles is 1. The fourth-order valence-corrected chi connectivity index (χ4v) is 7.87. The van der Waals surface area contributed by atoms with Gasteiger partial charge in [-0.2, -0.15) is 5.26 Å². The number of fused-ring (bicyclic) bond motifs is 1. The summed E-state index contributed by atoms with van der Waals surface area (Å²) in [6.45, 7) is 1.87. The van der Waals surface area contributed by atoms with Crippen LogP contribution in [0.4, 0.5) is 0 Å². The van der Waals surface area contributed by atoms with Crippen molar-refractivity contribution < 1.29 is 9.53 Å². The van der Waals surface area contributed by atoms with Gasteiger partial charge < -0.3 is 9.72 Å². The largest absolute Gasteiger partial charge is 0.469 e. The van der Waals surface area contributed by atoms with Crippen molar-refractivity contribution in [3.63, 3.8) is 0 Å². The molecule has 1 aromatic heterocycles. The Hall–Kier alpha value is -2.59. The van der Waals surface area contributed by atoms with Crippen LogP contribution in [0.3, 0.4) is 0 Å². The third-order valence-electron chi connectivity index (χ3n) is 8.67. The fourth-order valence-electron chi connectivity index (χ4n) is 7.87. The Morgan fingerprint density at radius 1 is 1.26 bits per heavy atom. The molecule has 5 fully saturated rings. The number of esters is 1. The van der Waals surface area contributed by atoms with Gasteiger partial charge in [0, 0.05) is 19.1 Å². The van der Waals surface area contributed by atoms with Crippen molar-refractivity contribution in [1.82, 2.24) is 14.5 Å². The Balaban J connectivity index is 1.26. The summed E-state index contributed by atoms with van der Waals surface area (Å²) in [6, 6.07) is 8.22. The summed E-state index contributed by atoms with van der Waals surface area (Å²) in [5.41, 5.74) is 1.84. The summed E-state index contributed by atoms with van der Waals surface area (Å²) < 4.78 is 7.11. The van der Waals surface area contributed by atoms with E-state index in [1.54, 1.807) is 12.1 Å². The highest BCUT2D eigenvalue weighted by Gasteiger charge is 2.60. The van der Waals surface area contributed by atoms with Gasteiger partial charge in [-0.1, -0.05) is 0 Å². The number of aromatic amines is 1. The number of imidazole rings is 1. The molecule has 7 heteroatoms. The summed E-state index contributed by atoms with van der Waals surface area (Å²) in [7, 11) is 1.53. The molecule has 4 aliphatic carbocycles. The van der Waals surface area contributed by atoms with E-state index in [-0.39, 0.29) is 23.1 Å². The number of nitrogens with one attached hydrogen (secondary N) is 1. The van der Waals surface area contributed by atoms with Crippen molar-refractivity contribution >= 4 is 17.0 Å². The van der Waals surface area contributed by atoms with Gasteiger partial charge in [-0.3, -0.25) is 14.3 Å². The van der Waals surface area contributed by atoms with Crippen LogP contribution in [0.15, 0.2) is 23.0 Å². The number of benzene rings is 1. The van der Waals surface area contributed by atoms with Crippen LogP contribution in [-0.2, 0) is 9.53 Å². The number of carbonyl (C=O) groups is 1. The zero-order chi connectivity index (χ0) is 21.3. The highest BCUT2D eigenvalue weighted by molar-refractivity contribution is 5.78. The fraction of sp³-hybridized carbons (Fsp3) is 0.625. The molecule has 1 N–H and O–H groups in total. The van der Waals surface area contributed by atoms with E-state index in [1.807, 2.05) is 10.6 Å². The topological polar surface area (TPSA) is 91.1 Å². The summed E-state index contributed by atoms with van der Waals surface area (Å²) in [6.07, 6.45) is 6.34. The SMILES string of the molecule is COC(=O)C12CC3CC(C1)C(N1CC[C@@H](n4c(=O)[nH]c5cc(C#N)ccc54)C1)C(C3)C2. The lowest BCUT2D eigenvalue weighted by Crippen LogP contribution is -2.60. The number of H-pyrrole nitrogens is 1. The second-order valence-electron chi connectivity index (χ2n) is 10.3. The van der Waals surface area contributed by atoms with Crippen LogP contribution >= 0.6 is 0 Å². The lowest BCUT2D eigenvalue weighted by Gasteiger charge is -2.60. The summed E-state index contributed by atoms with van der Waals surface area (Å²) >= 11 is 0. The van der Waals surface area contributed by atoms with Crippen molar-refractivity contribution in [2.75, 3.05) is 20.2 Å². The molecule has 7 rings (SSSR count). The van der Waals surface area contributed by atoms with Crippen molar-refractivity contribution in [3.05, 3.63) is 34.2 Å². The minimum absolute atomic E-state index is 0.00623. The molecule has 0 radical (unpaired) electrons. The van der Waals surface area contributed by atoms with Gasteiger partial charge in [0.2, 0.25) is 0 Å². The number of carbonyl (C=O) groups excluding carboxylic acids is 1. The van der Waals surface area contributed by atoms with Gasteiger partial charge in [0.25, 0.3) is 0 Å². The summed E-state index contributed by atoms with van der Waals surface area (Å²) in [4.78, 5) is 30.9. The van der Waals surface area contributed by atoms with Crippen LogP contribution < -0.4 is 5.69 Å². The van der Waals surface area contributed by atoms with E-state index in [1.165, 1.54) is 20.0 Å². The van der Waals surface area contributed by atoms with Crippen LogP contribution in [0, 0.1) is 34.5 Å². The molecule has 1 saturated heterocycles. The monoisotopic (exact) mass is 420 g/mol. The molecule has 162 valence electrons. The Morgan fingerprint density at radius 3 is 2.74 bits per heavy atom. The van der Waals surface area contributed by atoms with Crippen molar-refractivity contribution in [2.24, 2.45) is 23.2 Å². The molecule has 2 aromatic rings. The molecular formula is C24H28N4O3. The average Bonchev–Trinajstić information content (AvgIpc) is 3.35. The number of hydrogen-bond donors (Lipinski definition) is 1. The number of nitrogens with zero attached hydrogens (tertiary/aromatic N) is 3. The number of ether oxygens (including phenoxy) is 1. The molecule has 0 spiro atoms. The number of aromatic nitrogens is 2. The number of likely N-dealkylation sites (tertiary alicyclic amines) is 1. The first kappa shape index (κ1) is 19.1. The number of hydrogen-bond acceptors (Lipinski definition) is 5. The zero-order valence-corrected chi connectivity index (χ0v) is 17.8. The van der Waals surface area contributed by atoms with Gasteiger partial charge >= 0.3 is 11.7 Å². The normalized spacial score (nSPS) is 36.7.